The lowest BCUT2D eigenvalue weighted by Gasteiger charge is -2.22. The largest absolute Gasteiger partial charge is 0.492 e. The highest BCUT2D eigenvalue weighted by atomic mass is 32.2. The van der Waals surface area contributed by atoms with Crippen molar-refractivity contribution < 1.29 is 17.9 Å². The van der Waals surface area contributed by atoms with Crippen LogP contribution in [0.15, 0.2) is 71.9 Å². The van der Waals surface area contributed by atoms with Gasteiger partial charge in [-0.25, -0.2) is 13.4 Å². The highest BCUT2D eigenvalue weighted by Gasteiger charge is 2.26. The molecule has 2 aromatic carbocycles. The van der Waals surface area contributed by atoms with E-state index >= 15 is 0 Å². The van der Waals surface area contributed by atoms with Crippen LogP contribution in [-0.4, -0.2) is 48.3 Å². The Kier molecular flexibility index (Phi) is 9.09. The van der Waals surface area contributed by atoms with Crippen molar-refractivity contribution >= 4 is 42.6 Å². The van der Waals surface area contributed by atoms with Crippen LogP contribution in [0.3, 0.4) is 0 Å². The number of para-hydroxylation sites is 1. The molecule has 1 amide bonds. The third-order valence-electron chi connectivity index (χ3n) is 5.90. The Morgan fingerprint density at radius 1 is 0.974 bits per heavy atom. The van der Waals surface area contributed by atoms with E-state index in [0.29, 0.717) is 41.7 Å². The second-order valence-corrected chi connectivity index (χ2v) is 11.7. The highest BCUT2D eigenvalue weighted by molar-refractivity contribution is 7.89. The average molecular weight is 553 g/mol. The molecular formula is C28H32N4O4S2. The van der Waals surface area contributed by atoms with Crippen LogP contribution >= 0.6 is 11.3 Å². The number of ether oxygens (including phenoxy) is 1. The molecule has 0 aliphatic rings. The maximum absolute atomic E-state index is 13.8. The van der Waals surface area contributed by atoms with Gasteiger partial charge in [-0.05, 0) is 67.8 Å². The average Bonchev–Trinajstić information content (AvgIpc) is 3.37. The van der Waals surface area contributed by atoms with Crippen LogP contribution in [-0.2, 0) is 16.6 Å². The van der Waals surface area contributed by atoms with Gasteiger partial charge < -0.3 is 4.74 Å². The minimum absolute atomic E-state index is 0.177. The number of benzene rings is 2. The normalized spacial score (nSPS) is 11.7. The number of rotatable bonds is 12. The number of hydrogen-bond donors (Lipinski definition) is 0. The fraction of sp³-hybridized carbons (Fsp3) is 0.321. The molecule has 4 rings (SSSR count). The van der Waals surface area contributed by atoms with Gasteiger partial charge in [-0.1, -0.05) is 37.3 Å². The summed E-state index contributed by atoms with van der Waals surface area (Å²) < 4.78 is 34.5. The molecule has 2 aromatic heterocycles. The van der Waals surface area contributed by atoms with Gasteiger partial charge in [-0.3, -0.25) is 14.7 Å². The van der Waals surface area contributed by atoms with Crippen LogP contribution in [0.25, 0.3) is 10.2 Å². The summed E-state index contributed by atoms with van der Waals surface area (Å²) in [5.41, 5.74) is 1.92. The van der Waals surface area contributed by atoms with Crippen molar-refractivity contribution in [1.29, 1.82) is 0 Å². The van der Waals surface area contributed by atoms with E-state index in [-0.39, 0.29) is 17.3 Å². The maximum Gasteiger partial charge on any atom is 0.260 e. The van der Waals surface area contributed by atoms with Crippen LogP contribution in [0.2, 0.25) is 0 Å². The molecule has 10 heteroatoms. The number of pyridine rings is 1. The molecule has 0 saturated heterocycles. The Hall–Kier alpha value is -3.34. The fourth-order valence-corrected chi connectivity index (χ4v) is 6.73. The summed E-state index contributed by atoms with van der Waals surface area (Å²) in [5.74, 6) is 0.383. The van der Waals surface area contributed by atoms with Crippen LogP contribution in [0, 0.1) is 0 Å². The van der Waals surface area contributed by atoms with Gasteiger partial charge in [0, 0.05) is 31.0 Å². The summed E-state index contributed by atoms with van der Waals surface area (Å²) in [5, 5.41) is 0.523. The lowest BCUT2D eigenvalue weighted by Crippen LogP contribution is -2.33. The molecule has 0 saturated carbocycles. The van der Waals surface area contributed by atoms with Crippen LogP contribution in [0.1, 0.15) is 49.5 Å². The van der Waals surface area contributed by atoms with Crippen LogP contribution < -0.4 is 9.64 Å². The number of thiazole rings is 1. The lowest BCUT2D eigenvalue weighted by molar-refractivity contribution is 0.0985. The Bertz CT molecular complexity index is 1470. The molecule has 200 valence electrons. The molecular weight excluding hydrogens is 520 g/mol. The summed E-state index contributed by atoms with van der Waals surface area (Å²) in [6.45, 7) is 7.50. The van der Waals surface area contributed by atoms with Crippen molar-refractivity contribution in [2.45, 2.75) is 45.1 Å². The molecule has 0 aliphatic carbocycles. The van der Waals surface area contributed by atoms with Crippen molar-refractivity contribution in [1.82, 2.24) is 14.3 Å². The second kappa shape index (κ2) is 12.5. The van der Waals surface area contributed by atoms with E-state index in [1.165, 1.54) is 27.8 Å². The highest BCUT2D eigenvalue weighted by Crippen LogP contribution is 2.35. The van der Waals surface area contributed by atoms with Gasteiger partial charge in [-0.15, -0.1) is 0 Å². The Morgan fingerprint density at radius 3 is 2.34 bits per heavy atom. The number of sulfonamides is 1. The zero-order chi connectivity index (χ0) is 27.1. The van der Waals surface area contributed by atoms with E-state index in [1.54, 1.807) is 29.4 Å². The van der Waals surface area contributed by atoms with Gasteiger partial charge in [0.25, 0.3) is 5.91 Å². The Balaban J connectivity index is 1.69. The first-order chi connectivity index (χ1) is 18.4. The lowest BCUT2D eigenvalue weighted by atomic mass is 10.2. The Morgan fingerprint density at radius 2 is 1.71 bits per heavy atom. The summed E-state index contributed by atoms with van der Waals surface area (Å²) in [6.07, 6.45) is 4.85. The molecule has 0 aliphatic heterocycles. The first kappa shape index (κ1) is 27.7. The number of amides is 1. The van der Waals surface area contributed by atoms with Crippen molar-refractivity contribution in [3.63, 3.8) is 0 Å². The van der Waals surface area contributed by atoms with E-state index < -0.39 is 10.0 Å². The van der Waals surface area contributed by atoms with Gasteiger partial charge >= 0.3 is 0 Å². The predicted molar refractivity (Wildman–Crippen MR) is 151 cm³/mol. The number of nitrogens with zero attached hydrogens (tertiary/aromatic N) is 4. The van der Waals surface area contributed by atoms with Crippen LogP contribution in [0.5, 0.6) is 5.75 Å². The molecule has 0 atom stereocenters. The summed E-state index contributed by atoms with van der Waals surface area (Å²) in [7, 11) is -3.64. The third kappa shape index (κ3) is 6.03. The van der Waals surface area contributed by atoms with Gasteiger partial charge in [0.05, 0.1) is 22.7 Å². The maximum atomic E-state index is 13.8. The van der Waals surface area contributed by atoms with Crippen molar-refractivity contribution in [2.75, 3.05) is 24.6 Å². The zero-order valence-corrected chi connectivity index (χ0v) is 23.5. The first-order valence-electron chi connectivity index (χ1n) is 12.7. The zero-order valence-electron chi connectivity index (χ0n) is 21.8. The van der Waals surface area contributed by atoms with Gasteiger partial charge in [-0.2, -0.15) is 4.31 Å². The Labute approximate surface area is 228 Å². The molecule has 38 heavy (non-hydrogen) atoms. The fourth-order valence-electron chi connectivity index (χ4n) is 4.12. The smallest absolute Gasteiger partial charge is 0.260 e. The molecule has 0 N–H and O–H groups in total. The molecule has 0 fully saturated rings. The van der Waals surface area contributed by atoms with Crippen molar-refractivity contribution in [3.8, 4) is 5.75 Å². The van der Waals surface area contributed by atoms with Crippen molar-refractivity contribution in [3.05, 3.63) is 78.1 Å². The van der Waals surface area contributed by atoms with E-state index in [1.807, 2.05) is 51.1 Å². The predicted octanol–water partition coefficient (Wildman–Crippen LogP) is 5.75. The standard InChI is InChI=1S/C28H32N4O4S2/c1-4-17-31(18-5-2)38(34,35)23-14-12-22(13-15-23)27(33)32(20-21-9-8-16-29-19-21)28-30-26-24(36-6-3)10-7-11-25(26)37-28/h7-16,19H,4-6,17-18,20H2,1-3H3. The number of carbonyl (C=O) groups excluding carboxylic acids is 1. The SMILES string of the molecule is CCCN(CCC)S(=O)(=O)c1ccc(C(=O)N(Cc2cccnc2)c2nc3c(OCC)cccc3s2)cc1. The molecule has 4 aromatic rings. The van der Waals surface area contributed by atoms with Gasteiger partial charge in [0.1, 0.15) is 11.3 Å². The van der Waals surface area contributed by atoms with Crippen molar-refractivity contribution in [2.24, 2.45) is 0 Å². The van der Waals surface area contributed by atoms with E-state index in [2.05, 4.69) is 4.98 Å². The quantitative estimate of drug-likeness (QED) is 0.222. The number of fused-ring (bicyclic) bond motifs is 1. The van der Waals surface area contributed by atoms with E-state index in [4.69, 9.17) is 9.72 Å². The minimum atomic E-state index is -3.64. The number of hydrogen-bond acceptors (Lipinski definition) is 7. The molecule has 0 radical (unpaired) electrons. The summed E-state index contributed by atoms with van der Waals surface area (Å²) in [6, 6.07) is 15.6. The summed E-state index contributed by atoms with van der Waals surface area (Å²) >= 11 is 1.40. The molecule has 0 bridgehead atoms. The topological polar surface area (TPSA) is 92.7 Å². The summed E-state index contributed by atoms with van der Waals surface area (Å²) in [4.78, 5) is 24.5. The molecule has 2 heterocycles. The molecule has 0 spiro atoms. The molecule has 8 nitrogen and oxygen atoms in total. The van der Waals surface area contributed by atoms with Crippen LogP contribution in [0.4, 0.5) is 5.13 Å². The second-order valence-electron chi connectivity index (χ2n) is 8.71. The first-order valence-corrected chi connectivity index (χ1v) is 15.0. The number of anilines is 1. The minimum Gasteiger partial charge on any atom is -0.492 e. The number of aromatic nitrogens is 2. The van der Waals surface area contributed by atoms with E-state index in [0.717, 1.165) is 23.1 Å². The van der Waals surface area contributed by atoms with Gasteiger partial charge in [0.15, 0.2) is 5.13 Å². The third-order valence-corrected chi connectivity index (χ3v) is 8.85. The monoisotopic (exact) mass is 552 g/mol. The van der Waals surface area contributed by atoms with Gasteiger partial charge in [0.2, 0.25) is 10.0 Å². The number of carbonyl (C=O) groups is 1. The molecule has 0 unspecified atom stereocenters. The van der Waals surface area contributed by atoms with E-state index in [9.17, 15) is 13.2 Å².